The minimum Gasteiger partial charge on any atom is -0.451 e. The molecule has 0 N–H and O–H groups in total. The Balaban J connectivity index is 2.01. The number of hydrogen-bond acceptors (Lipinski definition) is 5. The maximum absolute atomic E-state index is 12.5. The molecule has 6 nitrogen and oxygen atoms in total. The van der Waals surface area contributed by atoms with Crippen LogP contribution in [0.25, 0.3) is 11.3 Å². The lowest BCUT2D eigenvalue weighted by molar-refractivity contribution is -0.163. The number of rotatable bonds is 8. The zero-order valence-corrected chi connectivity index (χ0v) is 22.4. The first-order valence-corrected chi connectivity index (χ1v) is 12.3. The Labute approximate surface area is 218 Å². The highest BCUT2D eigenvalue weighted by Gasteiger charge is 2.26. The summed E-state index contributed by atoms with van der Waals surface area (Å²) in [5, 5.41) is 15.1. The van der Waals surface area contributed by atoms with Gasteiger partial charge in [-0.15, -0.1) is 0 Å². The lowest BCUT2D eigenvalue weighted by atomic mass is 9.86. The average molecular weight is 506 g/mol. The summed E-state index contributed by atoms with van der Waals surface area (Å²) in [6, 6.07) is 19.4. The molecule has 1 atom stereocenters. The molecule has 0 amide bonds. The van der Waals surface area contributed by atoms with Crippen molar-refractivity contribution in [3.63, 3.8) is 0 Å². The fourth-order valence-corrected chi connectivity index (χ4v) is 4.02. The molecule has 0 aliphatic heterocycles. The SMILES string of the molecule is CCn1nc(C)c(Cl)c1/C(OC(C)OC(=O)Cc1ccccc1)=C(\C#N)c1ccc(C(C)(C)C)cc1. The summed E-state index contributed by atoms with van der Waals surface area (Å²) in [5.41, 5.74) is 3.98. The summed E-state index contributed by atoms with van der Waals surface area (Å²) in [7, 11) is 0. The van der Waals surface area contributed by atoms with E-state index >= 15 is 0 Å². The molecule has 0 saturated heterocycles. The second-order valence-electron chi connectivity index (χ2n) is 9.54. The van der Waals surface area contributed by atoms with Crippen LogP contribution in [0.4, 0.5) is 0 Å². The molecular weight excluding hydrogens is 474 g/mol. The van der Waals surface area contributed by atoms with Gasteiger partial charge in [0.1, 0.15) is 17.3 Å². The molecule has 0 aliphatic rings. The number of nitriles is 1. The van der Waals surface area contributed by atoms with E-state index in [0.717, 1.165) is 11.1 Å². The van der Waals surface area contributed by atoms with Crippen LogP contribution < -0.4 is 0 Å². The van der Waals surface area contributed by atoms with Gasteiger partial charge in [-0.05, 0) is 36.0 Å². The number of hydrogen-bond donors (Lipinski definition) is 0. The van der Waals surface area contributed by atoms with Crippen LogP contribution in [0.15, 0.2) is 54.6 Å². The molecule has 188 valence electrons. The fraction of sp³-hybridized carbons (Fsp3) is 0.345. The second-order valence-corrected chi connectivity index (χ2v) is 9.92. The Bertz CT molecular complexity index is 1280. The van der Waals surface area contributed by atoms with Crippen molar-refractivity contribution in [2.24, 2.45) is 0 Å². The third-order valence-electron chi connectivity index (χ3n) is 5.72. The molecule has 0 spiro atoms. The predicted octanol–water partition coefficient (Wildman–Crippen LogP) is 6.70. The number of aryl methyl sites for hydroxylation is 2. The van der Waals surface area contributed by atoms with Crippen LogP contribution in [0.5, 0.6) is 0 Å². The van der Waals surface area contributed by atoms with E-state index in [2.05, 4.69) is 31.9 Å². The van der Waals surface area contributed by atoms with E-state index < -0.39 is 12.3 Å². The normalized spacial score (nSPS) is 12.9. The van der Waals surface area contributed by atoms with Gasteiger partial charge in [0.25, 0.3) is 0 Å². The molecule has 1 heterocycles. The van der Waals surface area contributed by atoms with E-state index in [1.807, 2.05) is 61.5 Å². The summed E-state index contributed by atoms with van der Waals surface area (Å²) in [6.45, 7) is 12.2. The van der Waals surface area contributed by atoms with Crippen LogP contribution in [0.3, 0.4) is 0 Å². The van der Waals surface area contributed by atoms with E-state index in [4.69, 9.17) is 21.1 Å². The Hall–Kier alpha value is -3.56. The maximum Gasteiger partial charge on any atom is 0.313 e. The molecule has 0 radical (unpaired) electrons. The number of benzene rings is 2. The van der Waals surface area contributed by atoms with Gasteiger partial charge in [0.15, 0.2) is 5.76 Å². The summed E-state index contributed by atoms with van der Waals surface area (Å²) < 4.78 is 13.4. The van der Waals surface area contributed by atoms with Crippen molar-refractivity contribution >= 4 is 28.9 Å². The van der Waals surface area contributed by atoms with Crippen molar-refractivity contribution in [1.82, 2.24) is 9.78 Å². The molecule has 1 aromatic heterocycles. The minimum atomic E-state index is -0.968. The van der Waals surface area contributed by atoms with Crippen molar-refractivity contribution in [1.29, 1.82) is 5.26 Å². The number of allylic oxidation sites excluding steroid dienone is 1. The highest BCUT2D eigenvalue weighted by atomic mass is 35.5. The molecule has 0 saturated carbocycles. The standard InChI is InChI=1S/C29H32ClN3O3/c1-7-33-27(26(30)19(2)32-33)28(24(18-31)22-13-15-23(16-14-22)29(4,5)6)36-20(3)35-25(34)17-21-11-9-8-10-12-21/h8-16,20H,7,17H2,1-6H3/b28-24-. The van der Waals surface area contributed by atoms with Gasteiger partial charge in [-0.25, -0.2) is 0 Å². The van der Waals surface area contributed by atoms with Gasteiger partial charge in [0, 0.05) is 13.5 Å². The summed E-state index contributed by atoms with van der Waals surface area (Å²) in [4.78, 5) is 12.5. The first-order valence-electron chi connectivity index (χ1n) is 11.9. The molecule has 3 rings (SSSR count). The van der Waals surface area contributed by atoms with Gasteiger partial charge in [-0.1, -0.05) is 87.0 Å². The highest BCUT2D eigenvalue weighted by Crippen LogP contribution is 2.35. The largest absolute Gasteiger partial charge is 0.451 e. The Morgan fingerprint density at radius 3 is 2.31 bits per heavy atom. The first-order chi connectivity index (χ1) is 17.0. The molecular formula is C29H32ClN3O3. The number of nitrogens with zero attached hydrogens (tertiary/aromatic N) is 3. The van der Waals surface area contributed by atoms with Crippen molar-refractivity contribution < 1.29 is 14.3 Å². The van der Waals surface area contributed by atoms with Crippen LogP contribution in [0.2, 0.25) is 5.02 Å². The number of carbonyl (C=O) groups is 1. The lowest BCUT2D eigenvalue weighted by Gasteiger charge is -2.21. The number of halogens is 1. The zero-order chi connectivity index (χ0) is 26.5. The van der Waals surface area contributed by atoms with E-state index in [-0.39, 0.29) is 23.2 Å². The van der Waals surface area contributed by atoms with Crippen LogP contribution in [-0.4, -0.2) is 22.0 Å². The third kappa shape index (κ3) is 6.35. The number of ether oxygens (including phenoxy) is 2. The quantitative estimate of drug-likeness (QED) is 0.147. The molecule has 0 bridgehead atoms. The molecule has 0 fully saturated rings. The summed E-state index contributed by atoms with van der Waals surface area (Å²) in [5.74, 6) is -0.221. The molecule has 7 heteroatoms. The van der Waals surface area contributed by atoms with Gasteiger partial charge in [0.2, 0.25) is 6.29 Å². The Kier molecular flexibility index (Phi) is 8.60. The lowest BCUT2D eigenvalue weighted by Crippen LogP contribution is -2.20. The van der Waals surface area contributed by atoms with Crippen LogP contribution in [-0.2, 0) is 32.6 Å². The number of aromatic nitrogens is 2. The Morgan fingerprint density at radius 1 is 1.11 bits per heavy atom. The number of esters is 1. The highest BCUT2D eigenvalue weighted by molar-refractivity contribution is 6.33. The summed E-state index contributed by atoms with van der Waals surface area (Å²) in [6.07, 6.45) is -0.857. The fourth-order valence-electron chi connectivity index (χ4n) is 3.80. The molecule has 1 unspecified atom stereocenters. The van der Waals surface area contributed by atoms with Crippen molar-refractivity contribution in [2.45, 2.75) is 66.2 Å². The van der Waals surface area contributed by atoms with Crippen molar-refractivity contribution in [2.75, 3.05) is 0 Å². The van der Waals surface area contributed by atoms with Gasteiger partial charge < -0.3 is 9.47 Å². The molecule has 3 aromatic rings. The van der Waals surface area contributed by atoms with Gasteiger partial charge in [-0.2, -0.15) is 10.4 Å². The topological polar surface area (TPSA) is 77.1 Å². The smallest absolute Gasteiger partial charge is 0.313 e. The Morgan fingerprint density at radius 2 is 1.75 bits per heavy atom. The molecule has 0 aliphatic carbocycles. The van der Waals surface area contributed by atoms with Crippen molar-refractivity contribution in [3.8, 4) is 6.07 Å². The average Bonchev–Trinajstić information content (AvgIpc) is 3.12. The minimum absolute atomic E-state index is 0.0307. The monoisotopic (exact) mass is 505 g/mol. The first kappa shape index (κ1) is 27.0. The van der Waals surface area contributed by atoms with E-state index in [0.29, 0.717) is 28.5 Å². The van der Waals surface area contributed by atoms with Crippen LogP contribution in [0.1, 0.15) is 62.7 Å². The summed E-state index contributed by atoms with van der Waals surface area (Å²) >= 11 is 6.64. The molecule has 36 heavy (non-hydrogen) atoms. The van der Waals surface area contributed by atoms with Gasteiger partial charge >= 0.3 is 5.97 Å². The van der Waals surface area contributed by atoms with E-state index in [9.17, 15) is 10.1 Å². The second kappa shape index (κ2) is 11.5. The van der Waals surface area contributed by atoms with E-state index in [1.54, 1.807) is 18.5 Å². The zero-order valence-electron chi connectivity index (χ0n) is 21.6. The van der Waals surface area contributed by atoms with Crippen molar-refractivity contribution in [3.05, 3.63) is 87.7 Å². The number of carbonyl (C=O) groups excluding carboxylic acids is 1. The van der Waals surface area contributed by atoms with E-state index in [1.165, 1.54) is 0 Å². The predicted molar refractivity (Wildman–Crippen MR) is 142 cm³/mol. The van der Waals surface area contributed by atoms with Gasteiger partial charge in [0.05, 0.1) is 17.1 Å². The third-order valence-corrected chi connectivity index (χ3v) is 6.17. The van der Waals surface area contributed by atoms with Crippen LogP contribution >= 0.6 is 11.6 Å². The van der Waals surface area contributed by atoms with Crippen LogP contribution in [0, 0.1) is 18.3 Å². The van der Waals surface area contributed by atoms with Gasteiger partial charge in [-0.3, -0.25) is 9.48 Å². The maximum atomic E-state index is 12.5. The molecule has 2 aromatic carbocycles.